The van der Waals surface area contributed by atoms with Crippen LogP contribution in [0.25, 0.3) is 4.96 Å². The number of carbonyl (C=O) groups excluding carboxylic acids is 1. The van der Waals surface area contributed by atoms with Crippen molar-refractivity contribution in [3.8, 4) is 5.75 Å². The Morgan fingerprint density at radius 1 is 1.11 bits per heavy atom. The van der Waals surface area contributed by atoms with E-state index in [-0.39, 0.29) is 23.8 Å². The van der Waals surface area contributed by atoms with E-state index >= 15 is 0 Å². The van der Waals surface area contributed by atoms with Crippen LogP contribution in [0.1, 0.15) is 27.3 Å². The second-order valence-electron chi connectivity index (χ2n) is 6.23. The molecule has 0 saturated carbocycles. The number of halogens is 1. The third-order valence-corrected chi connectivity index (χ3v) is 5.18. The molecule has 2 aromatic carbocycles. The van der Waals surface area contributed by atoms with Gasteiger partial charge >= 0.3 is 0 Å². The molecule has 140 valence electrons. The Morgan fingerprint density at radius 3 is 2.43 bits per heavy atom. The summed E-state index contributed by atoms with van der Waals surface area (Å²) in [6.45, 7) is 2.01. The summed E-state index contributed by atoms with van der Waals surface area (Å²) in [4.78, 5) is 29.6. The summed E-state index contributed by atoms with van der Waals surface area (Å²) in [6.07, 6.45) is 0. The van der Waals surface area contributed by atoms with Crippen LogP contribution in [0.2, 0.25) is 0 Å². The SMILES string of the molecule is Cc1csc2nc(COc3ccc(C(=O)c4ccc(F)cc4)cc3)cc(=O)n12. The molecule has 0 atom stereocenters. The third-order valence-electron chi connectivity index (χ3n) is 4.24. The van der Waals surface area contributed by atoms with E-state index in [1.807, 2.05) is 12.3 Å². The molecule has 0 aliphatic carbocycles. The van der Waals surface area contributed by atoms with Crippen LogP contribution in [0.15, 0.2) is 64.8 Å². The second kappa shape index (κ2) is 7.36. The van der Waals surface area contributed by atoms with Gasteiger partial charge in [-0.15, -0.1) is 11.3 Å². The summed E-state index contributed by atoms with van der Waals surface area (Å²) >= 11 is 1.40. The van der Waals surface area contributed by atoms with Crippen molar-refractivity contribution >= 4 is 22.1 Å². The standard InChI is InChI=1S/C21H15FN2O3S/c1-13-12-28-21-23-17(10-19(25)24(13)21)11-27-18-8-4-15(5-9-18)20(26)14-2-6-16(22)7-3-14/h2-10,12H,11H2,1H3. The lowest BCUT2D eigenvalue weighted by molar-refractivity contribution is 0.103. The zero-order chi connectivity index (χ0) is 19.7. The van der Waals surface area contributed by atoms with Crippen molar-refractivity contribution < 1.29 is 13.9 Å². The average Bonchev–Trinajstić information content (AvgIpc) is 3.08. The first-order chi connectivity index (χ1) is 13.5. The highest BCUT2D eigenvalue weighted by Crippen LogP contribution is 2.17. The van der Waals surface area contributed by atoms with Gasteiger partial charge in [-0.25, -0.2) is 9.37 Å². The lowest BCUT2D eigenvalue weighted by Gasteiger charge is -2.07. The summed E-state index contributed by atoms with van der Waals surface area (Å²) in [5.74, 6) is -0.0239. The van der Waals surface area contributed by atoms with Crippen molar-refractivity contribution in [3.63, 3.8) is 0 Å². The number of carbonyl (C=O) groups is 1. The van der Waals surface area contributed by atoms with E-state index in [1.165, 1.54) is 41.7 Å². The van der Waals surface area contributed by atoms with Crippen molar-refractivity contribution in [2.45, 2.75) is 13.5 Å². The molecule has 4 aromatic rings. The second-order valence-corrected chi connectivity index (χ2v) is 7.07. The topological polar surface area (TPSA) is 60.7 Å². The number of hydrogen-bond acceptors (Lipinski definition) is 5. The zero-order valence-electron chi connectivity index (χ0n) is 14.9. The van der Waals surface area contributed by atoms with Crippen molar-refractivity contribution in [2.24, 2.45) is 0 Å². The molecule has 0 saturated heterocycles. The predicted octanol–water partition coefficient (Wildman–Crippen LogP) is 4.01. The fraction of sp³-hybridized carbons (Fsp3) is 0.0952. The molecule has 0 spiro atoms. The number of thiazole rings is 1. The lowest BCUT2D eigenvalue weighted by atomic mass is 10.0. The molecule has 28 heavy (non-hydrogen) atoms. The van der Waals surface area contributed by atoms with E-state index in [9.17, 15) is 14.0 Å². The van der Waals surface area contributed by atoms with E-state index in [0.717, 1.165) is 5.69 Å². The first-order valence-electron chi connectivity index (χ1n) is 8.51. The normalized spacial score (nSPS) is 10.9. The van der Waals surface area contributed by atoms with Gasteiger partial charge in [0.15, 0.2) is 10.7 Å². The summed E-state index contributed by atoms with van der Waals surface area (Å²) in [5, 5.41) is 1.88. The number of aromatic nitrogens is 2. The number of rotatable bonds is 5. The molecule has 5 nitrogen and oxygen atoms in total. The van der Waals surface area contributed by atoms with Gasteiger partial charge in [-0.05, 0) is 55.5 Å². The van der Waals surface area contributed by atoms with Gasteiger partial charge < -0.3 is 4.74 Å². The van der Waals surface area contributed by atoms with E-state index in [1.54, 1.807) is 28.7 Å². The quantitative estimate of drug-likeness (QED) is 0.480. The first kappa shape index (κ1) is 18.1. The van der Waals surface area contributed by atoms with Crippen molar-refractivity contribution in [3.05, 3.63) is 98.7 Å². The molecule has 0 aliphatic rings. The lowest BCUT2D eigenvalue weighted by Crippen LogP contribution is -2.15. The molecule has 0 bridgehead atoms. The van der Waals surface area contributed by atoms with E-state index in [4.69, 9.17) is 4.74 Å². The summed E-state index contributed by atoms with van der Waals surface area (Å²) in [5.41, 5.74) is 2.15. The molecular formula is C21H15FN2O3S. The minimum absolute atomic E-state index is 0.136. The molecule has 0 fully saturated rings. The van der Waals surface area contributed by atoms with Crippen molar-refractivity contribution in [1.29, 1.82) is 0 Å². The molecule has 0 amide bonds. The fourth-order valence-electron chi connectivity index (χ4n) is 2.80. The van der Waals surface area contributed by atoms with Gasteiger partial charge in [0.2, 0.25) is 0 Å². The molecule has 2 aromatic heterocycles. The first-order valence-corrected chi connectivity index (χ1v) is 9.39. The van der Waals surface area contributed by atoms with Crippen LogP contribution in [0.4, 0.5) is 4.39 Å². The molecule has 7 heteroatoms. The minimum Gasteiger partial charge on any atom is -0.487 e. The molecule has 0 unspecified atom stereocenters. The van der Waals surface area contributed by atoms with E-state index in [2.05, 4.69) is 4.98 Å². The number of nitrogens with zero attached hydrogens (tertiary/aromatic N) is 2. The molecule has 4 rings (SSSR count). The van der Waals surface area contributed by atoms with Crippen LogP contribution in [0.3, 0.4) is 0 Å². The van der Waals surface area contributed by atoms with Gasteiger partial charge in [0.1, 0.15) is 18.2 Å². The monoisotopic (exact) mass is 394 g/mol. The van der Waals surface area contributed by atoms with Gasteiger partial charge in [-0.3, -0.25) is 14.0 Å². The Hall–Kier alpha value is -3.32. The molecule has 0 radical (unpaired) electrons. The minimum atomic E-state index is -0.385. The molecular weight excluding hydrogens is 379 g/mol. The van der Waals surface area contributed by atoms with Crippen molar-refractivity contribution in [1.82, 2.24) is 9.38 Å². The summed E-state index contributed by atoms with van der Waals surface area (Å²) in [7, 11) is 0. The van der Waals surface area contributed by atoms with Crippen LogP contribution in [-0.4, -0.2) is 15.2 Å². The largest absolute Gasteiger partial charge is 0.487 e. The van der Waals surface area contributed by atoms with Gasteiger partial charge in [-0.2, -0.15) is 0 Å². The maximum absolute atomic E-state index is 13.0. The van der Waals surface area contributed by atoms with Crippen LogP contribution >= 0.6 is 11.3 Å². The van der Waals surface area contributed by atoms with Crippen molar-refractivity contribution in [2.75, 3.05) is 0 Å². The zero-order valence-corrected chi connectivity index (χ0v) is 15.7. The summed E-state index contributed by atoms with van der Waals surface area (Å²) < 4.78 is 20.2. The van der Waals surface area contributed by atoms with E-state index in [0.29, 0.717) is 27.5 Å². The predicted molar refractivity (Wildman–Crippen MR) is 105 cm³/mol. The van der Waals surface area contributed by atoms with Crippen LogP contribution < -0.4 is 10.3 Å². The number of fused-ring (bicyclic) bond motifs is 1. The molecule has 0 aliphatic heterocycles. The number of benzene rings is 2. The van der Waals surface area contributed by atoms with Crippen LogP contribution in [0.5, 0.6) is 5.75 Å². The molecule has 2 heterocycles. The smallest absolute Gasteiger partial charge is 0.259 e. The highest BCUT2D eigenvalue weighted by molar-refractivity contribution is 7.15. The number of hydrogen-bond donors (Lipinski definition) is 0. The number of ketones is 1. The highest BCUT2D eigenvalue weighted by atomic mass is 32.1. The highest BCUT2D eigenvalue weighted by Gasteiger charge is 2.10. The number of aryl methyl sites for hydroxylation is 1. The Morgan fingerprint density at radius 2 is 1.75 bits per heavy atom. The maximum atomic E-state index is 13.0. The van der Waals surface area contributed by atoms with Crippen LogP contribution in [-0.2, 0) is 6.61 Å². The summed E-state index contributed by atoms with van der Waals surface area (Å²) in [6, 6.07) is 13.5. The number of ether oxygens (including phenoxy) is 1. The van der Waals surface area contributed by atoms with Gasteiger partial charge in [0, 0.05) is 28.3 Å². The Kier molecular flexibility index (Phi) is 4.75. The third kappa shape index (κ3) is 3.57. The van der Waals surface area contributed by atoms with Gasteiger partial charge in [-0.1, -0.05) is 0 Å². The Labute approximate surface area is 163 Å². The Bertz CT molecular complexity index is 1210. The maximum Gasteiger partial charge on any atom is 0.259 e. The molecule has 0 N–H and O–H groups in total. The average molecular weight is 394 g/mol. The van der Waals surface area contributed by atoms with Gasteiger partial charge in [0.25, 0.3) is 5.56 Å². The van der Waals surface area contributed by atoms with E-state index < -0.39 is 0 Å². The van der Waals surface area contributed by atoms with Gasteiger partial charge in [0.05, 0.1) is 5.69 Å². The fourth-order valence-corrected chi connectivity index (χ4v) is 3.69. The van der Waals surface area contributed by atoms with Crippen LogP contribution in [0, 0.1) is 12.7 Å². The Balaban J connectivity index is 1.47.